The van der Waals surface area contributed by atoms with Crippen LogP contribution in [-0.4, -0.2) is 28.7 Å². The number of hydrogen-bond acceptors (Lipinski definition) is 4. The van der Waals surface area contributed by atoms with Gasteiger partial charge in [-0.2, -0.15) is 0 Å². The predicted molar refractivity (Wildman–Crippen MR) is 80.6 cm³/mol. The van der Waals surface area contributed by atoms with Crippen LogP contribution in [0, 0.1) is 0 Å². The van der Waals surface area contributed by atoms with Gasteiger partial charge in [0.1, 0.15) is 5.75 Å². The standard InChI is InChI=1S/C15H17NO3S/c1-4-19-12-8-6-5-7-11(12)9-13-14(17)16(10(2)3)15(18)20-13/h5-10H,4H2,1-3H3/b13-9-. The Morgan fingerprint density at radius 2 is 2.00 bits per heavy atom. The summed E-state index contributed by atoms with van der Waals surface area (Å²) in [5.74, 6) is 0.479. The number of rotatable bonds is 4. The van der Waals surface area contributed by atoms with Gasteiger partial charge in [-0.3, -0.25) is 14.5 Å². The average Bonchev–Trinajstić information content (AvgIpc) is 2.67. The molecule has 0 radical (unpaired) electrons. The van der Waals surface area contributed by atoms with Crippen LogP contribution in [0.25, 0.3) is 6.08 Å². The van der Waals surface area contributed by atoms with Crippen molar-refractivity contribution in [2.24, 2.45) is 0 Å². The molecule has 0 unspecified atom stereocenters. The Kier molecular flexibility index (Phi) is 4.49. The van der Waals surface area contributed by atoms with Crippen LogP contribution in [0.2, 0.25) is 0 Å². The number of imide groups is 1. The van der Waals surface area contributed by atoms with Gasteiger partial charge in [-0.15, -0.1) is 0 Å². The van der Waals surface area contributed by atoms with Gasteiger partial charge in [-0.05, 0) is 44.7 Å². The molecule has 1 aliphatic rings. The third-order valence-corrected chi connectivity index (χ3v) is 3.73. The summed E-state index contributed by atoms with van der Waals surface area (Å²) in [5, 5.41) is -0.217. The number of carbonyl (C=O) groups excluding carboxylic acids is 2. The number of carbonyl (C=O) groups is 2. The molecule has 1 heterocycles. The van der Waals surface area contributed by atoms with Gasteiger partial charge in [-0.25, -0.2) is 0 Å². The highest BCUT2D eigenvalue weighted by molar-refractivity contribution is 8.18. The first-order valence-electron chi connectivity index (χ1n) is 6.53. The Morgan fingerprint density at radius 3 is 2.60 bits per heavy atom. The lowest BCUT2D eigenvalue weighted by Crippen LogP contribution is -2.34. The fourth-order valence-electron chi connectivity index (χ4n) is 1.95. The molecule has 1 fully saturated rings. The Bertz CT molecular complexity index is 566. The first-order chi connectivity index (χ1) is 9.54. The van der Waals surface area contributed by atoms with Crippen LogP contribution >= 0.6 is 11.8 Å². The molecule has 1 saturated heterocycles. The van der Waals surface area contributed by atoms with E-state index in [1.54, 1.807) is 6.08 Å². The van der Waals surface area contributed by atoms with Crippen molar-refractivity contribution in [1.82, 2.24) is 4.90 Å². The molecule has 0 N–H and O–H groups in total. The van der Waals surface area contributed by atoms with Gasteiger partial charge in [0.2, 0.25) is 0 Å². The first-order valence-corrected chi connectivity index (χ1v) is 7.35. The Balaban J connectivity index is 2.33. The molecule has 5 heteroatoms. The van der Waals surface area contributed by atoms with Crippen molar-refractivity contribution in [3.05, 3.63) is 34.7 Å². The number of ether oxygens (including phenoxy) is 1. The van der Waals surface area contributed by atoms with Gasteiger partial charge in [0, 0.05) is 11.6 Å². The molecule has 20 heavy (non-hydrogen) atoms. The fourth-order valence-corrected chi connectivity index (χ4v) is 2.90. The highest BCUT2D eigenvalue weighted by atomic mass is 32.2. The van der Waals surface area contributed by atoms with Crippen LogP contribution in [-0.2, 0) is 4.79 Å². The maximum absolute atomic E-state index is 12.2. The second-order valence-electron chi connectivity index (χ2n) is 4.62. The van der Waals surface area contributed by atoms with E-state index < -0.39 is 0 Å². The van der Waals surface area contributed by atoms with Crippen molar-refractivity contribution in [3.63, 3.8) is 0 Å². The quantitative estimate of drug-likeness (QED) is 0.796. The van der Waals surface area contributed by atoms with Crippen molar-refractivity contribution in [2.75, 3.05) is 6.61 Å². The van der Waals surface area contributed by atoms with Crippen molar-refractivity contribution in [1.29, 1.82) is 0 Å². The minimum Gasteiger partial charge on any atom is -0.493 e. The fraction of sp³-hybridized carbons (Fsp3) is 0.333. The van der Waals surface area contributed by atoms with E-state index in [0.29, 0.717) is 17.3 Å². The summed E-state index contributed by atoms with van der Waals surface area (Å²) >= 11 is 0.975. The van der Waals surface area contributed by atoms with E-state index in [9.17, 15) is 9.59 Å². The van der Waals surface area contributed by atoms with E-state index in [2.05, 4.69) is 0 Å². The van der Waals surface area contributed by atoms with E-state index >= 15 is 0 Å². The third-order valence-electron chi connectivity index (χ3n) is 2.85. The lowest BCUT2D eigenvalue weighted by molar-refractivity contribution is -0.123. The summed E-state index contributed by atoms with van der Waals surface area (Å²) < 4.78 is 5.52. The lowest BCUT2D eigenvalue weighted by atomic mass is 10.2. The molecule has 1 aromatic carbocycles. The zero-order valence-corrected chi connectivity index (χ0v) is 12.6. The van der Waals surface area contributed by atoms with Gasteiger partial charge in [0.05, 0.1) is 11.5 Å². The molecule has 0 saturated carbocycles. The van der Waals surface area contributed by atoms with Crippen molar-refractivity contribution in [3.8, 4) is 5.75 Å². The van der Waals surface area contributed by atoms with Gasteiger partial charge < -0.3 is 4.74 Å². The maximum Gasteiger partial charge on any atom is 0.293 e. The number of para-hydroxylation sites is 1. The topological polar surface area (TPSA) is 46.6 Å². The third kappa shape index (κ3) is 2.88. The van der Waals surface area contributed by atoms with E-state index in [1.807, 2.05) is 45.0 Å². The molecule has 0 atom stereocenters. The molecule has 1 aromatic rings. The monoisotopic (exact) mass is 291 g/mol. The summed E-state index contributed by atoms with van der Waals surface area (Å²) in [6, 6.07) is 7.34. The lowest BCUT2D eigenvalue weighted by Gasteiger charge is -2.16. The van der Waals surface area contributed by atoms with Crippen LogP contribution in [0.4, 0.5) is 4.79 Å². The zero-order valence-electron chi connectivity index (χ0n) is 11.8. The predicted octanol–water partition coefficient (Wildman–Crippen LogP) is 3.53. The molecule has 0 aliphatic carbocycles. The van der Waals surface area contributed by atoms with Gasteiger partial charge in [0.25, 0.3) is 11.1 Å². The van der Waals surface area contributed by atoms with Crippen LogP contribution in [0.5, 0.6) is 5.75 Å². The van der Waals surface area contributed by atoms with Crippen molar-refractivity contribution < 1.29 is 14.3 Å². The summed E-state index contributed by atoms with van der Waals surface area (Å²) in [5.41, 5.74) is 0.809. The molecule has 1 aliphatic heterocycles. The molecule has 0 bridgehead atoms. The smallest absolute Gasteiger partial charge is 0.293 e. The second kappa shape index (κ2) is 6.13. The zero-order chi connectivity index (χ0) is 14.7. The largest absolute Gasteiger partial charge is 0.493 e. The maximum atomic E-state index is 12.2. The summed E-state index contributed by atoms with van der Waals surface area (Å²) in [6.07, 6.45) is 1.72. The van der Waals surface area contributed by atoms with Gasteiger partial charge >= 0.3 is 0 Å². The SMILES string of the molecule is CCOc1ccccc1/C=C1\SC(=O)N(C(C)C)C1=O. The number of benzene rings is 1. The number of thioether (sulfide) groups is 1. The van der Waals surface area contributed by atoms with E-state index in [4.69, 9.17) is 4.74 Å². The van der Waals surface area contributed by atoms with E-state index in [1.165, 1.54) is 4.90 Å². The molecule has 106 valence electrons. The molecule has 0 spiro atoms. The van der Waals surface area contributed by atoms with Gasteiger partial charge in [0.15, 0.2) is 0 Å². The van der Waals surface area contributed by atoms with Crippen molar-refractivity contribution >= 4 is 29.0 Å². The molecule has 2 rings (SSSR count). The molecule has 0 aromatic heterocycles. The van der Waals surface area contributed by atoms with Crippen LogP contribution in [0.3, 0.4) is 0 Å². The Morgan fingerprint density at radius 1 is 1.30 bits per heavy atom. The number of nitrogens with zero attached hydrogens (tertiary/aromatic N) is 1. The second-order valence-corrected chi connectivity index (χ2v) is 5.61. The van der Waals surface area contributed by atoms with Crippen LogP contribution in [0.1, 0.15) is 26.3 Å². The first kappa shape index (κ1) is 14.7. The average molecular weight is 291 g/mol. The Hall–Kier alpha value is -1.75. The van der Waals surface area contributed by atoms with E-state index in [0.717, 1.165) is 17.3 Å². The Labute approximate surface area is 122 Å². The molecule has 2 amide bonds. The van der Waals surface area contributed by atoms with Crippen LogP contribution < -0.4 is 4.74 Å². The normalized spacial score (nSPS) is 17.4. The van der Waals surface area contributed by atoms with Crippen molar-refractivity contribution in [2.45, 2.75) is 26.8 Å². The minimum atomic E-state index is -0.235. The molecular weight excluding hydrogens is 274 g/mol. The number of hydrogen-bond donors (Lipinski definition) is 0. The number of amides is 2. The highest BCUT2D eigenvalue weighted by Gasteiger charge is 2.36. The molecule has 4 nitrogen and oxygen atoms in total. The van der Waals surface area contributed by atoms with E-state index in [-0.39, 0.29) is 17.2 Å². The van der Waals surface area contributed by atoms with Gasteiger partial charge in [-0.1, -0.05) is 18.2 Å². The molecular formula is C15H17NO3S. The summed E-state index contributed by atoms with van der Waals surface area (Å²) in [7, 11) is 0. The summed E-state index contributed by atoms with van der Waals surface area (Å²) in [6.45, 7) is 6.11. The van der Waals surface area contributed by atoms with Crippen LogP contribution in [0.15, 0.2) is 29.2 Å². The summed E-state index contributed by atoms with van der Waals surface area (Å²) in [4.78, 5) is 25.8. The highest BCUT2D eigenvalue weighted by Crippen LogP contribution is 2.34. The minimum absolute atomic E-state index is 0.129.